The summed E-state index contributed by atoms with van der Waals surface area (Å²) >= 11 is 0. The van der Waals surface area contributed by atoms with Crippen LogP contribution in [0.5, 0.6) is 0 Å². The summed E-state index contributed by atoms with van der Waals surface area (Å²) in [7, 11) is 2.08. The molecule has 0 aromatic carbocycles. The molecule has 0 unspecified atom stereocenters. The summed E-state index contributed by atoms with van der Waals surface area (Å²) in [6, 6.07) is 0.169. The van der Waals surface area contributed by atoms with Crippen LogP contribution in [0.1, 0.15) is 55.4 Å². The number of carbonyl (C=O) groups excluding carboxylic acids is 1. The molecule has 0 aliphatic carbocycles. The van der Waals surface area contributed by atoms with Crippen LogP contribution in [0.2, 0.25) is 0 Å². The number of hydrogen-bond acceptors (Lipinski definition) is 2. The summed E-state index contributed by atoms with van der Waals surface area (Å²) in [4.78, 5) is 17.0. The monoisotopic (exact) mass is 278 g/mol. The predicted octanol–water partition coefficient (Wildman–Crippen LogP) is 3.99. The zero-order chi connectivity index (χ0) is 15.8. The Bertz CT molecular complexity index is 456. The molecule has 0 bridgehead atoms. The van der Waals surface area contributed by atoms with E-state index >= 15 is 0 Å². The smallest absolute Gasteiger partial charge is 0.255 e. The minimum absolute atomic E-state index is 0.142. The first-order valence-corrected chi connectivity index (χ1v) is 7.60. The molecule has 0 aromatic heterocycles. The second kappa shape index (κ2) is 6.02. The van der Waals surface area contributed by atoms with Crippen LogP contribution in [0.15, 0.2) is 22.7 Å². The van der Waals surface area contributed by atoms with Gasteiger partial charge in [-0.05, 0) is 39.5 Å². The van der Waals surface area contributed by atoms with Gasteiger partial charge in [0.05, 0.1) is 0 Å². The van der Waals surface area contributed by atoms with E-state index in [1.807, 2.05) is 18.7 Å². The molecule has 1 heterocycles. The van der Waals surface area contributed by atoms with Crippen molar-refractivity contribution in [2.24, 2.45) is 11.8 Å². The molecule has 20 heavy (non-hydrogen) atoms. The first-order chi connectivity index (χ1) is 9.11. The average molecular weight is 278 g/mol. The maximum atomic E-state index is 12.8. The van der Waals surface area contributed by atoms with Crippen molar-refractivity contribution in [1.29, 1.82) is 0 Å². The maximum Gasteiger partial charge on any atom is 0.255 e. The van der Waals surface area contributed by atoms with Gasteiger partial charge in [0.1, 0.15) is 0 Å². The van der Waals surface area contributed by atoms with Gasteiger partial charge >= 0.3 is 0 Å². The average Bonchev–Trinajstić information content (AvgIpc) is 2.40. The highest BCUT2D eigenvalue weighted by atomic mass is 16.2. The van der Waals surface area contributed by atoms with Crippen molar-refractivity contribution in [1.82, 2.24) is 9.80 Å². The molecule has 0 saturated carbocycles. The van der Waals surface area contributed by atoms with Crippen LogP contribution in [0.3, 0.4) is 0 Å². The molecule has 1 aliphatic rings. The third kappa shape index (κ3) is 2.77. The van der Waals surface area contributed by atoms with E-state index < -0.39 is 0 Å². The fraction of sp³-hybridized carbons (Fsp3) is 0.706. The van der Waals surface area contributed by atoms with Crippen LogP contribution >= 0.6 is 0 Å². The van der Waals surface area contributed by atoms with E-state index in [9.17, 15) is 4.79 Å². The van der Waals surface area contributed by atoms with E-state index in [4.69, 9.17) is 0 Å². The summed E-state index contributed by atoms with van der Waals surface area (Å²) in [5, 5.41) is 0. The Labute approximate surface area is 124 Å². The van der Waals surface area contributed by atoms with Gasteiger partial charge in [0.2, 0.25) is 0 Å². The van der Waals surface area contributed by atoms with Gasteiger partial charge in [0, 0.05) is 35.8 Å². The van der Waals surface area contributed by atoms with E-state index in [1.54, 1.807) is 0 Å². The first kappa shape index (κ1) is 16.8. The molecule has 1 rings (SSSR count). The quantitative estimate of drug-likeness (QED) is 0.779. The number of amides is 1. The molecule has 0 N–H and O–H groups in total. The maximum absolute atomic E-state index is 12.8. The number of allylic oxidation sites excluding steroid dienone is 3. The topological polar surface area (TPSA) is 23.6 Å². The second-order valence-corrected chi connectivity index (χ2v) is 6.62. The summed E-state index contributed by atoms with van der Waals surface area (Å²) in [6.07, 6.45) is 0. The highest BCUT2D eigenvalue weighted by Crippen LogP contribution is 2.34. The molecule has 3 nitrogen and oxygen atoms in total. The van der Waals surface area contributed by atoms with Crippen LogP contribution < -0.4 is 0 Å². The highest BCUT2D eigenvalue weighted by Gasteiger charge is 2.33. The number of rotatable bonds is 3. The normalized spacial score (nSPS) is 18.1. The third-order valence-electron chi connectivity index (χ3n) is 4.08. The van der Waals surface area contributed by atoms with Gasteiger partial charge in [-0.3, -0.25) is 4.79 Å². The Morgan fingerprint density at radius 1 is 0.850 bits per heavy atom. The first-order valence-electron chi connectivity index (χ1n) is 7.60. The molecule has 3 heteroatoms. The van der Waals surface area contributed by atoms with Crippen molar-refractivity contribution in [3.8, 4) is 0 Å². The Hall–Kier alpha value is -1.25. The lowest BCUT2D eigenvalue weighted by atomic mass is 9.98. The van der Waals surface area contributed by atoms with Crippen molar-refractivity contribution in [2.75, 3.05) is 7.05 Å². The van der Waals surface area contributed by atoms with E-state index in [1.165, 1.54) is 11.4 Å². The standard InChI is InChI=1S/C17H30N2O/c1-10(2)15-16(11(3)4)19(12(5)6)17(20)13(7)14(8)18(15)9/h10-12H,1-9H3. The molecular formula is C17H30N2O. The lowest BCUT2D eigenvalue weighted by Gasteiger charge is -2.35. The molecule has 1 aliphatic heterocycles. The molecule has 0 spiro atoms. The summed E-state index contributed by atoms with van der Waals surface area (Å²) < 4.78 is 0. The van der Waals surface area contributed by atoms with Crippen LogP contribution in [-0.2, 0) is 4.79 Å². The van der Waals surface area contributed by atoms with Gasteiger partial charge in [-0.15, -0.1) is 0 Å². The lowest BCUT2D eigenvalue weighted by molar-refractivity contribution is -0.127. The van der Waals surface area contributed by atoms with E-state index in [2.05, 4.69) is 53.5 Å². The molecular weight excluding hydrogens is 248 g/mol. The second-order valence-electron chi connectivity index (χ2n) is 6.62. The Kier molecular flexibility index (Phi) is 5.06. The molecule has 0 radical (unpaired) electrons. The van der Waals surface area contributed by atoms with Gasteiger partial charge in [-0.1, -0.05) is 27.7 Å². The third-order valence-corrected chi connectivity index (χ3v) is 4.08. The Balaban J connectivity index is 3.67. The zero-order valence-electron chi connectivity index (χ0n) is 14.5. The molecule has 0 saturated heterocycles. The van der Waals surface area contributed by atoms with Crippen LogP contribution in [0.4, 0.5) is 0 Å². The van der Waals surface area contributed by atoms with Crippen molar-refractivity contribution in [2.45, 2.75) is 61.4 Å². The van der Waals surface area contributed by atoms with E-state index in [0.29, 0.717) is 11.8 Å². The van der Waals surface area contributed by atoms with E-state index in [0.717, 1.165) is 11.3 Å². The molecule has 1 amide bonds. The molecule has 0 aromatic rings. The highest BCUT2D eigenvalue weighted by molar-refractivity contribution is 5.95. The number of hydrogen-bond donors (Lipinski definition) is 0. The van der Waals surface area contributed by atoms with E-state index in [-0.39, 0.29) is 11.9 Å². The molecule has 0 fully saturated rings. The predicted molar refractivity (Wildman–Crippen MR) is 84.8 cm³/mol. The lowest BCUT2D eigenvalue weighted by Crippen LogP contribution is -2.39. The fourth-order valence-electron chi connectivity index (χ4n) is 2.94. The number of carbonyl (C=O) groups is 1. The van der Waals surface area contributed by atoms with Gasteiger partial charge in [0.15, 0.2) is 0 Å². The van der Waals surface area contributed by atoms with Crippen LogP contribution in [0, 0.1) is 11.8 Å². The summed E-state index contributed by atoms with van der Waals surface area (Å²) in [5.74, 6) is 0.843. The SMILES string of the molecule is CC1=C(C)N(C)C(C(C)C)=C(C(C)C)N(C(C)C)C1=O. The Morgan fingerprint density at radius 2 is 1.30 bits per heavy atom. The van der Waals surface area contributed by atoms with Crippen LogP contribution in [-0.4, -0.2) is 28.8 Å². The molecule has 114 valence electrons. The van der Waals surface area contributed by atoms with Crippen LogP contribution in [0.25, 0.3) is 0 Å². The fourth-order valence-corrected chi connectivity index (χ4v) is 2.94. The Morgan fingerprint density at radius 3 is 1.65 bits per heavy atom. The zero-order valence-corrected chi connectivity index (χ0v) is 14.5. The van der Waals surface area contributed by atoms with Crippen molar-refractivity contribution in [3.63, 3.8) is 0 Å². The van der Waals surface area contributed by atoms with Gasteiger partial charge in [0.25, 0.3) is 5.91 Å². The minimum Gasteiger partial charge on any atom is -0.350 e. The molecule has 0 atom stereocenters. The van der Waals surface area contributed by atoms with Gasteiger partial charge in [-0.2, -0.15) is 0 Å². The van der Waals surface area contributed by atoms with Crippen molar-refractivity contribution < 1.29 is 4.79 Å². The van der Waals surface area contributed by atoms with Crippen molar-refractivity contribution in [3.05, 3.63) is 22.7 Å². The minimum atomic E-state index is 0.142. The largest absolute Gasteiger partial charge is 0.350 e. The summed E-state index contributed by atoms with van der Waals surface area (Å²) in [5.41, 5.74) is 4.32. The summed E-state index contributed by atoms with van der Waals surface area (Å²) in [6.45, 7) is 16.9. The van der Waals surface area contributed by atoms with Gasteiger partial charge in [-0.25, -0.2) is 0 Å². The van der Waals surface area contributed by atoms with Crippen molar-refractivity contribution >= 4 is 5.91 Å². The number of nitrogens with zero attached hydrogens (tertiary/aromatic N) is 2. The van der Waals surface area contributed by atoms with Gasteiger partial charge < -0.3 is 9.80 Å².